The van der Waals surface area contributed by atoms with E-state index in [9.17, 15) is 13.2 Å². The van der Waals surface area contributed by atoms with Crippen molar-refractivity contribution >= 4 is 10.0 Å². The zero-order valence-corrected chi connectivity index (χ0v) is 14.4. The average molecular weight is 359 g/mol. The monoisotopic (exact) mass is 359 g/mol. The summed E-state index contributed by atoms with van der Waals surface area (Å²) in [4.78, 5) is 12.1. The molecular weight excluding hydrogens is 342 g/mol. The van der Waals surface area contributed by atoms with Crippen LogP contribution >= 0.6 is 0 Å². The number of aromatic nitrogens is 2. The largest absolute Gasteiger partial charge is 0.463 e. The van der Waals surface area contributed by atoms with Crippen LogP contribution < -0.4 is 10.3 Å². The molecule has 1 N–H and O–H groups in total. The first-order valence-electron chi connectivity index (χ1n) is 7.64. The zero-order valence-electron chi connectivity index (χ0n) is 13.5. The second-order valence-electron chi connectivity index (χ2n) is 5.47. The van der Waals surface area contributed by atoms with E-state index in [1.54, 1.807) is 42.5 Å². The lowest BCUT2D eigenvalue weighted by Gasteiger charge is -2.09. The molecule has 3 rings (SSSR count). The quantitative estimate of drug-likeness (QED) is 0.724. The molecule has 0 aliphatic carbocycles. The third kappa shape index (κ3) is 4.04. The maximum Gasteiger partial charge on any atom is 0.266 e. The molecule has 0 aliphatic heterocycles. The van der Waals surface area contributed by atoms with Crippen molar-refractivity contribution in [3.05, 3.63) is 70.7 Å². The maximum absolute atomic E-state index is 12.2. The van der Waals surface area contributed by atoms with Crippen LogP contribution in [0.4, 0.5) is 0 Å². The number of aryl methyl sites for hydroxylation is 1. The van der Waals surface area contributed by atoms with E-state index in [1.165, 1.54) is 17.0 Å². The molecule has 8 heteroatoms. The fourth-order valence-electron chi connectivity index (χ4n) is 2.25. The lowest BCUT2D eigenvalue weighted by atomic mass is 10.2. The molecule has 2 heterocycles. The van der Waals surface area contributed by atoms with E-state index in [0.717, 1.165) is 5.56 Å². The number of hydrogen-bond donors (Lipinski definition) is 1. The summed E-state index contributed by atoms with van der Waals surface area (Å²) in [5.41, 5.74) is 1.17. The van der Waals surface area contributed by atoms with Crippen molar-refractivity contribution < 1.29 is 12.8 Å². The number of nitrogens with zero attached hydrogens (tertiary/aromatic N) is 2. The Morgan fingerprint density at radius 3 is 2.56 bits per heavy atom. The molecule has 0 unspecified atom stereocenters. The summed E-state index contributed by atoms with van der Waals surface area (Å²) in [5.74, 6) is 0.536. The van der Waals surface area contributed by atoms with E-state index in [2.05, 4.69) is 9.82 Å². The molecule has 0 bridgehead atoms. The van der Waals surface area contributed by atoms with Gasteiger partial charge in [-0.15, -0.1) is 0 Å². The van der Waals surface area contributed by atoms with E-state index in [0.29, 0.717) is 11.5 Å². The molecule has 0 aliphatic rings. The molecule has 7 nitrogen and oxygen atoms in total. The van der Waals surface area contributed by atoms with Gasteiger partial charge in [0.25, 0.3) is 5.56 Å². The second kappa shape index (κ2) is 7.04. The van der Waals surface area contributed by atoms with Crippen LogP contribution in [0.1, 0.15) is 5.56 Å². The topological polar surface area (TPSA) is 94.2 Å². The highest BCUT2D eigenvalue weighted by atomic mass is 32.2. The van der Waals surface area contributed by atoms with Gasteiger partial charge in [0.15, 0.2) is 5.76 Å². The van der Waals surface area contributed by atoms with Crippen molar-refractivity contribution in [2.75, 3.05) is 6.54 Å². The van der Waals surface area contributed by atoms with E-state index < -0.39 is 10.0 Å². The van der Waals surface area contributed by atoms with Crippen LogP contribution in [0.25, 0.3) is 11.5 Å². The van der Waals surface area contributed by atoms with Crippen molar-refractivity contribution in [1.29, 1.82) is 0 Å². The second-order valence-corrected chi connectivity index (χ2v) is 7.24. The minimum atomic E-state index is -3.63. The standard InChI is InChI=1S/C17H17N3O4S/c1-13-4-6-14(7-5-13)25(22,23)18-10-11-20-17(21)9-8-15(19-20)16-3-2-12-24-16/h2-9,12,18H,10-11H2,1H3. The van der Waals surface area contributed by atoms with Gasteiger partial charge < -0.3 is 4.42 Å². The first-order chi connectivity index (χ1) is 12.0. The minimum Gasteiger partial charge on any atom is -0.463 e. The van der Waals surface area contributed by atoms with Gasteiger partial charge >= 0.3 is 0 Å². The predicted molar refractivity (Wildman–Crippen MR) is 92.6 cm³/mol. The fourth-order valence-corrected chi connectivity index (χ4v) is 3.27. The summed E-state index contributed by atoms with van der Waals surface area (Å²) < 4.78 is 33.4. The Morgan fingerprint density at radius 1 is 1.12 bits per heavy atom. The van der Waals surface area contributed by atoms with Crippen molar-refractivity contribution in [3.8, 4) is 11.5 Å². The van der Waals surface area contributed by atoms with E-state index in [4.69, 9.17) is 4.42 Å². The van der Waals surface area contributed by atoms with E-state index in [1.807, 2.05) is 6.92 Å². The molecule has 0 saturated heterocycles. The van der Waals surface area contributed by atoms with Crippen LogP contribution in [-0.4, -0.2) is 24.7 Å². The highest BCUT2D eigenvalue weighted by Crippen LogP contribution is 2.15. The summed E-state index contributed by atoms with van der Waals surface area (Å²) in [6.07, 6.45) is 1.52. The van der Waals surface area contributed by atoms with Crippen LogP contribution in [0.2, 0.25) is 0 Å². The number of rotatable bonds is 6. The van der Waals surface area contributed by atoms with Gasteiger partial charge in [-0.05, 0) is 37.3 Å². The predicted octanol–water partition coefficient (Wildman–Crippen LogP) is 1.79. The molecular formula is C17H17N3O4S. The van der Waals surface area contributed by atoms with Crippen LogP contribution in [0, 0.1) is 6.92 Å². The van der Waals surface area contributed by atoms with Gasteiger partial charge in [0.05, 0.1) is 17.7 Å². The Kier molecular flexibility index (Phi) is 4.82. The molecule has 130 valence electrons. The van der Waals surface area contributed by atoms with Crippen LogP contribution in [0.3, 0.4) is 0 Å². The van der Waals surface area contributed by atoms with E-state index >= 15 is 0 Å². The van der Waals surface area contributed by atoms with Gasteiger partial charge in [0.2, 0.25) is 10.0 Å². The average Bonchev–Trinajstić information content (AvgIpc) is 3.11. The number of benzene rings is 1. The lowest BCUT2D eigenvalue weighted by Crippen LogP contribution is -2.32. The Bertz CT molecular complexity index is 1010. The number of hydrogen-bond acceptors (Lipinski definition) is 5. The molecule has 2 aromatic heterocycles. The first-order valence-corrected chi connectivity index (χ1v) is 9.12. The van der Waals surface area contributed by atoms with Crippen molar-refractivity contribution in [2.24, 2.45) is 0 Å². The Balaban J connectivity index is 1.70. The maximum atomic E-state index is 12.2. The fraction of sp³-hybridized carbons (Fsp3) is 0.176. The third-order valence-electron chi connectivity index (χ3n) is 3.59. The normalized spacial score (nSPS) is 11.6. The summed E-state index contributed by atoms with van der Waals surface area (Å²) in [6.45, 7) is 2.04. The molecule has 3 aromatic rings. The smallest absolute Gasteiger partial charge is 0.266 e. The van der Waals surface area contributed by atoms with Crippen molar-refractivity contribution in [1.82, 2.24) is 14.5 Å². The zero-order chi connectivity index (χ0) is 17.9. The molecule has 1 aromatic carbocycles. The molecule has 0 amide bonds. The van der Waals surface area contributed by atoms with Crippen LogP contribution in [0.5, 0.6) is 0 Å². The molecule has 0 radical (unpaired) electrons. The highest BCUT2D eigenvalue weighted by molar-refractivity contribution is 7.89. The Labute approximate surface area is 145 Å². The molecule has 25 heavy (non-hydrogen) atoms. The molecule has 0 atom stereocenters. The van der Waals surface area contributed by atoms with E-state index in [-0.39, 0.29) is 23.5 Å². The number of nitrogens with one attached hydrogen (secondary N) is 1. The number of furan rings is 1. The first kappa shape index (κ1) is 17.1. The van der Waals surface area contributed by atoms with Gasteiger partial charge in [-0.25, -0.2) is 17.8 Å². The van der Waals surface area contributed by atoms with Crippen LogP contribution in [0.15, 0.2) is 68.9 Å². The molecule has 0 spiro atoms. The van der Waals surface area contributed by atoms with Gasteiger partial charge in [-0.3, -0.25) is 4.79 Å². The highest BCUT2D eigenvalue weighted by Gasteiger charge is 2.13. The van der Waals surface area contributed by atoms with Crippen molar-refractivity contribution in [2.45, 2.75) is 18.4 Å². The van der Waals surface area contributed by atoms with Gasteiger partial charge in [-0.2, -0.15) is 5.10 Å². The SMILES string of the molecule is Cc1ccc(S(=O)(=O)NCCn2nc(-c3ccco3)ccc2=O)cc1. The molecule has 0 fully saturated rings. The molecule has 0 saturated carbocycles. The van der Waals surface area contributed by atoms with Crippen LogP contribution in [-0.2, 0) is 16.6 Å². The minimum absolute atomic E-state index is 0.0464. The lowest BCUT2D eigenvalue weighted by molar-refractivity contribution is 0.539. The van der Waals surface area contributed by atoms with Gasteiger partial charge in [0.1, 0.15) is 5.69 Å². The Morgan fingerprint density at radius 2 is 1.88 bits per heavy atom. The summed E-state index contributed by atoms with van der Waals surface area (Å²) >= 11 is 0. The Hall–Kier alpha value is -2.71. The van der Waals surface area contributed by atoms with Crippen molar-refractivity contribution in [3.63, 3.8) is 0 Å². The summed E-state index contributed by atoms with van der Waals surface area (Å²) in [5, 5.41) is 4.19. The van der Waals surface area contributed by atoms with Gasteiger partial charge in [0, 0.05) is 12.6 Å². The summed E-state index contributed by atoms with van der Waals surface area (Å²) in [7, 11) is -3.63. The third-order valence-corrected chi connectivity index (χ3v) is 5.06. The summed E-state index contributed by atoms with van der Waals surface area (Å²) in [6, 6.07) is 12.9. The van der Waals surface area contributed by atoms with Gasteiger partial charge in [-0.1, -0.05) is 17.7 Å². The number of sulfonamides is 1.